The van der Waals surface area contributed by atoms with Gasteiger partial charge in [0.15, 0.2) is 11.5 Å². The predicted octanol–water partition coefficient (Wildman–Crippen LogP) is 3.59. The van der Waals surface area contributed by atoms with Crippen LogP contribution in [0.4, 0.5) is 4.39 Å². The molecule has 0 amide bonds. The molecular weight excluding hydrogens is 407 g/mol. The number of aryl methyl sites for hydroxylation is 1. The number of benzene rings is 1. The molecule has 4 heterocycles. The summed E-state index contributed by atoms with van der Waals surface area (Å²) in [5.41, 5.74) is 1.10. The number of likely N-dealkylation sites (tertiary alicyclic amines) is 1. The maximum Gasteiger partial charge on any atom is 0.175 e. The Labute approximate surface area is 187 Å². The average Bonchev–Trinajstić information content (AvgIpc) is 3.20. The van der Waals surface area contributed by atoms with Gasteiger partial charge in [-0.1, -0.05) is 19.1 Å². The molecule has 2 fully saturated rings. The summed E-state index contributed by atoms with van der Waals surface area (Å²) in [5, 5.41) is 6.21. The fraction of sp³-hybridized carbons (Fsp3) is 0.480. The maximum absolute atomic E-state index is 15.5. The van der Waals surface area contributed by atoms with Gasteiger partial charge in [0.05, 0.1) is 25.8 Å². The summed E-state index contributed by atoms with van der Waals surface area (Å²) in [6.45, 7) is 5.85. The number of hydrogen-bond donors (Lipinski definition) is 0. The number of ether oxygens (including phenoxy) is 1. The van der Waals surface area contributed by atoms with Crippen molar-refractivity contribution in [2.75, 3.05) is 32.8 Å². The molecule has 0 spiro atoms. The minimum Gasteiger partial charge on any atom is -0.380 e. The molecule has 6 nitrogen and oxygen atoms in total. The second-order valence-electron chi connectivity index (χ2n) is 9.79. The normalized spacial score (nSPS) is 20.2. The number of nitrogens with zero attached hydrogens (tertiary/aromatic N) is 4. The molecule has 2 saturated heterocycles. The number of fused-ring (bicyclic) bond motifs is 1. The molecular formula is C25H29FN4O2. The van der Waals surface area contributed by atoms with Crippen LogP contribution < -0.4 is 0 Å². The molecule has 0 N–H and O–H groups in total. The molecule has 0 atom stereocenters. The smallest absolute Gasteiger partial charge is 0.175 e. The topological polar surface area (TPSA) is 60.2 Å². The Bertz CT molecular complexity index is 1150. The van der Waals surface area contributed by atoms with E-state index in [0.29, 0.717) is 18.8 Å². The van der Waals surface area contributed by atoms with Crippen molar-refractivity contribution in [3.05, 3.63) is 48.5 Å². The van der Waals surface area contributed by atoms with E-state index in [-0.39, 0.29) is 30.5 Å². The monoisotopic (exact) mass is 436 g/mol. The van der Waals surface area contributed by atoms with E-state index in [1.165, 1.54) is 0 Å². The van der Waals surface area contributed by atoms with E-state index in [1.54, 1.807) is 10.9 Å². The molecule has 0 unspecified atom stereocenters. The van der Waals surface area contributed by atoms with Gasteiger partial charge in [-0.05, 0) is 23.1 Å². The van der Waals surface area contributed by atoms with Gasteiger partial charge in [0.1, 0.15) is 0 Å². The van der Waals surface area contributed by atoms with Crippen LogP contribution in [0.5, 0.6) is 0 Å². The van der Waals surface area contributed by atoms with Crippen LogP contribution >= 0.6 is 0 Å². The zero-order chi connectivity index (χ0) is 22.3. The fourth-order valence-corrected chi connectivity index (χ4v) is 4.78. The lowest BCUT2D eigenvalue weighted by Crippen LogP contribution is -2.53. The maximum atomic E-state index is 15.5. The first-order valence-electron chi connectivity index (χ1n) is 11.2. The third kappa shape index (κ3) is 4.19. The number of piperidine rings is 1. The van der Waals surface area contributed by atoms with E-state index in [2.05, 4.69) is 28.0 Å². The van der Waals surface area contributed by atoms with Gasteiger partial charge in [-0.3, -0.25) is 14.5 Å². The molecule has 2 aromatic heterocycles. The highest BCUT2D eigenvalue weighted by molar-refractivity contribution is 5.91. The number of pyridine rings is 1. The van der Waals surface area contributed by atoms with Gasteiger partial charge in [0.25, 0.3) is 0 Å². The Morgan fingerprint density at radius 1 is 1.12 bits per heavy atom. The molecule has 2 aliphatic heterocycles. The lowest BCUT2D eigenvalue weighted by Gasteiger charge is -2.44. The van der Waals surface area contributed by atoms with Gasteiger partial charge in [0, 0.05) is 74.0 Å². The number of Topliss-reactive ketones (excluding diaryl/α,β-unsaturated/α-hetero) is 1. The molecule has 0 saturated carbocycles. The van der Waals surface area contributed by atoms with Crippen molar-refractivity contribution in [1.82, 2.24) is 19.7 Å². The average molecular weight is 437 g/mol. The highest BCUT2D eigenvalue weighted by Crippen LogP contribution is 2.33. The molecule has 0 bridgehead atoms. The van der Waals surface area contributed by atoms with Gasteiger partial charge >= 0.3 is 0 Å². The van der Waals surface area contributed by atoms with Gasteiger partial charge in [-0.2, -0.15) is 5.10 Å². The van der Waals surface area contributed by atoms with Crippen LogP contribution in [-0.4, -0.2) is 64.0 Å². The zero-order valence-electron chi connectivity index (χ0n) is 18.7. The van der Waals surface area contributed by atoms with Crippen LogP contribution in [0, 0.1) is 5.41 Å². The lowest BCUT2D eigenvalue weighted by atomic mass is 9.84. The van der Waals surface area contributed by atoms with Crippen LogP contribution in [0.1, 0.15) is 25.5 Å². The van der Waals surface area contributed by atoms with E-state index in [9.17, 15) is 4.79 Å². The number of carbonyl (C=O) groups is 1. The Hall–Kier alpha value is -2.64. The minimum atomic E-state index is -1.76. The summed E-state index contributed by atoms with van der Waals surface area (Å²) in [6, 6.07) is 8.02. The fourth-order valence-electron chi connectivity index (χ4n) is 4.78. The largest absolute Gasteiger partial charge is 0.380 e. The van der Waals surface area contributed by atoms with Crippen LogP contribution in [-0.2, 0) is 23.0 Å². The molecule has 2 aliphatic rings. The SMILES string of the molecule is Cn1cc(-c2ccc3cnc(CC(=O)C4(F)CCN(CC5(C)COC5)CC4)cc3c2)cn1. The molecule has 32 heavy (non-hydrogen) atoms. The number of halogens is 1. The van der Waals surface area contributed by atoms with Gasteiger partial charge in [-0.15, -0.1) is 0 Å². The van der Waals surface area contributed by atoms with Crippen LogP contribution in [0.25, 0.3) is 21.9 Å². The molecule has 5 rings (SSSR count). The van der Waals surface area contributed by atoms with Gasteiger partial charge in [-0.25, -0.2) is 4.39 Å². The number of carbonyl (C=O) groups excluding carboxylic acids is 1. The highest BCUT2D eigenvalue weighted by atomic mass is 19.1. The lowest BCUT2D eigenvalue weighted by molar-refractivity contribution is -0.137. The third-order valence-corrected chi connectivity index (χ3v) is 6.81. The molecule has 0 aliphatic carbocycles. The summed E-state index contributed by atoms with van der Waals surface area (Å²) in [5.74, 6) is -0.356. The zero-order valence-corrected chi connectivity index (χ0v) is 18.7. The van der Waals surface area contributed by atoms with E-state index in [1.807, 2.05) is 37.6 Å². The summed E-state index contributed by atoms with van der Waals surface area (Å²) >= 11 is 0. The first-order chi connectivity index (χ1) is 15.3. The molecule has 0 radical (unpaired) electrons. The van der Waals surface area contributed by atoms with Crippen molar-refractivity contribution in [3.63, 3.8) is 0 Å². The van der Waals surface area contributed by atoms with Crippen molar-refractivity contribution in [2.24, 2.45) is 12.5 Å². The summed E-state index contributed by atoms with van der Waals surface area (Å²) < 4.78 is 22.6. The van der Waals surface area contributed by atoms with E-state index >= 15 is 4.39 Å². The number of alkyl halides is 1. The van der Waals surface area contributed by atoms with Crippen molar-refractivity contribution in [3.8, 4) is 11.1 Å². The molecule has 168 valence electrons. The summed E-state index contributed by atoms with van der Waals surface area (Å²) in [6.07, 6.45) is 6.08. The molecule has 7 heteroatoms. The van der Waals surface area contributed by atoms with E-state index < -0.39 is 5.67 Å². The quantitative estimate of drug-likeness (QED) is 0.591. The predicted molar refractivity (Wildman–Crippen MR) is 121 cm³/mol. The number of aromatic nitrogens is 3. The standard InChI is InChI=1S/C25H29FN4O2/c1-24(16-32-17-24)15-30-7-5-25(26,6-8-30)23(31)11-22-10-20-9-18(3-4-19(20)12-27-22)21-13-28-29(2)14-21/h3-4,9-10,12-14H,5-8,11,15-17H2,1-2H3. The molecule has 1 aromatic carbocycles. The van der Waals surface area contributed by atoms with Gasteiger partial charge < -0.3 is 9.64 Å². The van der Waals surface area contributed by atoms with E-state index in [4.69, 9.17) is 4.74 Å². The van der Waals surface area contributed by atoms with E-state index in [0.717, 1.165) is 41.7 Å². The second kappa shape index (κ2) is 8.05. The minimum absolute atomic E-state index is 0.0229. The van der Waals surface area contributed by atoms with Crippen molar-refractivity contribution in [2.45, 2.75) is 31.9 Å². The van der Waals surface area contributed by atoms with Crippen molar-refractivity contribution in [1.29, 1.82) is 0 Å². The summed E-state index contributed by atoms with van der Waals surface area (Å²) in [7, 11) is 1.89. The van der Waals surface area contributed by atoms with Gasteiger partial charge in [0.2, 0.25) is 0 Å². The van der Waals surface area contributed by atoms with Crippen molar-refractivity contribution < 1.29 is 13.9 Å². The summed E-state index contributed by atoms with van der Waals surface area (Å²) in [4.78, 5) is 19.6. The Morgan fingerprint density at radius 2 is 1.91 bits per heavy atom. The highest BCUT2D eigenvalue weighted by Gasteiger charge is 2.43. The number of ketones is 1. The second-order valence-corrected chi connectivity index (χ2v) is 9.79. The van der Waals surface area contributed by atoms with Crippen molar-refractivity contribution >= 4 is 16.6 Å². The Kier molecular flexibility index (Phi) is 5.34. The number of hydrogen-bond acceptors (Lipinski definition) is 5. The first kappa shape index (κ1) is 21.2. The number of rotatable bonds is 6. The molecule has 3 aromatic rings. The van der Waals surface area contributed by atoms with Crippen LogP contribution in [0.3, 0.4) is 0 Å². The Morgan fingerprint density at radius 3 is 2.56 bits per heavy atom. The first-order valence-corrected chi connectivity index (χ1v) is 11.2. The van der Waals surface area contributed by atoms with Crippen LogP contribution in [0.15, 0.2) is 42.9 Å². The third-order valence-electron chi connectivity index (χ3n) is 6.81. The Balaban J connectivity index is 1.26. The van der Waals surface area contributed by atoms with Crippen LogP contribution in [0.2, 0.25) is 0 Å².